The molecule has 0 aliphatic carbocycles. The van der Waals surface area contributed by atoms with Crippen LogP contribution in [0, 0.1) is 11.8 Å². The average Bonchev–Trinajstić information content (AvgIpc) is 2.67. The van der Waals surface area contributed by atoms with E-state index in [1.807, 2.05) is 0 Å². The number of ether oxygens (including phenoxy) is 1. The standard InChI is InChI=1S/C20H41N5O/c1-5-21-20(22-14-18-8-7-9-24(6-2)16-18)23-15-19(17(3)4)25-10-12-26-13-11-25/h17-19H,5-16H2,1-4H3,(H2,21,22,23). The predicted molar refractivity (Wildman–Crippen MR) is 110 cm³/mol. The monoisotopic (exact) mass is 367 g/mol. The normalized spacial score (nSPS) is 24.7. The van der Waals surface area contributed by atoms with Crippen LogP contribution in [-0.2, 0) is 4.74 Å². The van der Waals surface area contributed by atoms with Gasteiger partial charge in [0, 0.05) is 38.8 Å². The third kappa shape index (κ3) is 7.05. The summed E-state index contributed by atoms with van der Waals surface area (Å²) in [4.78, 5) is 10.0. The highest BCUT2D eigenvalue weighted by molar-refractivity contribution is 5.79. The van der Waals surface area contributed by atoms with Crippen molar-refractivity contribution >= 4 is 5.96 Å². The van der Waals surface area contributed by atoms with Crippen LogP contribution >= 0.6 is 0 Å². The first-order valence-corrected chi connectivity index (χ1v) is 10.7. The lowest BCUT2D eigenvalue weighted by molar-refractivity contribution is 0.00867. The average molecular weight is 368 g/mol. The number of piperidine rings is 1. The number of hydrogen-bond acceptors (Lipinski definition) is 4. The van der Waals surface area contributed by atoms with Crippen LogP contribution in [-0.4, -0.2) is 87.4 Å². The van der Waals surface area contributed by atoms with E-state index in [0.29, 0.717) is 12.0 Å². The summed E-state index contributed by atoms with van der Waals surface area (Å²) in [5, 5.41) is 7.03. The number of guanidine groups is 1. The fourth-order valence-electron chi connectivity index (χ4n) is 4.03. The molecule has 6 nitrogen and oxygen atoms in total. The third-order valence-corrected chi connectivity index (χ3v) is 5.67. The molecule has 0 spiro atoms. The van der Waals surface area contributed by atoms with E-state index in [-0.39, 0.29) is 0 Å². The lowest BCUT2D eigenvalue weighted by Crippen LogP contribution is -2.48. The van der Waals surface area contributed by atoms with Crippen molar-refractivity contribution < 1.29 is 4.74 Å². The second kappa shape index (κ2) is 11.8. The van der Waals surface area contributed by atoms with Crippen LogP contribution in [0.15, 0.2) is 4.99 Å². The summed E-state index contributed by atoms with van der Waals surface area (Å²) >= 11 is 0. The van der Waals surface area contributed by atoms with Crippen LogP contribution in [0.5, 0.6) is 0 Å². The zero-order valence-corrected chi connectivity index (χ0v) is 17.5. The summed E-state index contributed by atoms with van der Waals surface area (Å²) in [5.41, 5.74) is 0. The Kier molecular flexibility index (Phi) is 9.72. The van der Waals surface area contributed by atoms with E-state index in [4.69, 9.17) is 9.73 Å². The summed E-state index contributed by atoms with van der Waals surface area (Å²) in [5.74, 6) is 2.30. The molecule has 0 amide bonds. The van der Waals surface area contributed by atoms with Crippen molar-refractivity contribution in [2.24, 2.45) is 16.8 Å². The summed E-state index contributed by atoms with van der Waals surface area (Å²) in [7, 11) is 0. The van der Waals surface area contributed by atoms with Gasteiger partial charge >= 0.3 is 0 Å². The molecule has 0 saturated carbocycles. The van der Waals surface area contributed by atoms with Gasteiger partial charge in [0.05, 0.1) is 19.8 Å². The molecule has 2 atom stereocenters. The number of aliphatic imine (C=N–C) groups is 1. The molecule has 0 aromatic heterocycles. The fourth-order valence-corrected chi connectivity index (χ4v) is 4.03. The summed E-state index contributed by atoms with van der Waals surface area (Å²) < 4.78 is 5.51. The zero-order valence-electron chi connectivity index (χ0n) is 17.5. The zero-order chi connectivity index (χ0) is 18.8. The Balaban J connectivity index is 1.87. The van der Waals surface area contributed by atoms with Crippen molar-refractivity contribution in [2.45, 2.75) is 46.6 Å². The molecule has 0 bridgehead atoms. The van der Waals surface area contributed by atoms with Gasteiger partial charge < -0.3 is 20.3 Å². The molecule has 2 fully saturated rings. The van der Waals surface area contributed by atoms with E-state index in [2.05, 4.69) is 48.1 Å². The van der Waals surface area contributed by atoms with Gasteiger partial charge in [-0.25, -0.2) is 0 Å². The third-order valence-electron chi connectivity index (χ3n) is 5.67. The molecule has 2 aliphatic heterocycles. The lowest BCUT2D eigenvalue weighted by Gasteiger charge is -2.36. The Morgan fingerprint density at radius 3 is 2.58 bits per heavy atom. The van der Waals surface area contributed by atoms with E-state index in [9.17, 15) is 0 Å². The van der Waals surface area contributed by atoms with Crippen LogP contribution in [0.25, 0.3) is 0 Å². The maximum atomic E-state index is 5.51. The largest absolute Gasteiger partial charge is 0.379 e. The quantitative estimate of drug-likeness (QED) is 0.504. The predicted octanol–water partition coefficient (Wildman–Crippen LogP) is 1.63. The van der Waals surface area contributed by atoms with Crippen molar-refractivity contribution in [1.82, 2.24) is 20.4 Å². The van der Waals surface area contributed by atoms with Gasteiger partial charge in [-0.2, -0.15) is 0 Å². The highest BCUT2D eigenvalue weighted by Gasteiger charge is 2.24. The van der Waals surface area contributed by atoms with Gasteiger partial charge in [-0.05, 0) is 44.7 Å². The van der Waals surface area contributed by atoms with Gasteiger partial charge in [0.2, 0.25) is 0 Å². The summed E-state index contributed by atoms with van der Waals surface area (Å²) in [6.45, 7) is 19.2. The molecule has 0 radical (unpaired) electrons. The van der Waals surface area contributed by atoms with E-state index < -0.39 is 0 Å². The number of rotatable bonds is 8. The summed E-state index contributed by atoms with van der Waals surface area (Å²) in [6.07, 6.45) is 2.64. The molecule has 26 heavy (non-hydrogen) atoms. The minimum atomic E-state index is 0.486. The Labute approximate surface area is 160 Å². The van der Waals surface area contributed by atoms with Crippen LogP contribution in [0.1, 0.15) is 40.5 Å². The Morgan fingerprint density at radius 1 is 1.15 bits per heavy atom. The SMILES string of the molecule is CCNC(=NCC(C(C)C)N1CCOCC1)NCC1CCCN(CC)C1. The smallest absolute Gasteiger partial charge is 0.191 e. The topological polar surface area (TPSA) is 52.1 Å². The van der Waals surface area contributed by atoms with Gasteiger partial charge in [-0.3, -0.25) is 9.89 Å². The Hall–Kier alpha value is -0.850. The van der Waals surface area contributed by atoms with Crippen molar-refractivity contribution in [1.29, 1.82) is 0 Å². The van der Waals surface area contributed by atoms with E-state index in [1.165, 1.54) is 32.5 Å². The fraction of sp³-hybridized carbons (Fsp3) is 0.950. The molecular formula is C20H41N5O. The highest BCUT2D eigenvalue weighted by atomic mass is 16.5. The lowest BCUT2D eigenvalue weighted by atomic mass is 9.98. The number of hydrogen-bond donors (Lipinski definition) is 2. The first kappa shape index (κ1) is 21.5. The molecule has 2 heterocycles. The van der Waals surface area contributed by atoms with Gasteiger partial charge in [0.15, 0.2) is 5.96 Å². The van der Waals surface area contributed by atoms with Crippen molar-refractivity contribution in [3.63, 3.8) is 0 Å². The van der Waals surface area contributed by atoms with E-state index >= 15 is 0 Å². The molecule has 6 heteroatoms. The van der Waals surface area contributed by atoms with Crippen molar-refractivity contribution in [2.75, 3.05) is 65.6 Å². The molecule has 0 aromatic rings. The minimum absolute atomic E-state index is 0.486. The first-order chi connectivity index (χ1) is 12.6. The van der Waals surface area contributed by atoms with Crippen molar-refractivity contribution in [3.8, 4) is 0 Å². The maximum Gasteiger partial charge on any atom is 0.191 e. The molecule has 2 aliphatic rings. The highest BCUT2D eigenvalue weighted by Crippen LogP contribution is 2.15. The van der Waals surface area contributed by atoms with Crippen LogP contribution in [0.3, 0.4) is 0 Å². The van der Waals surface area contributed by atoms with Gasteiger partial charge in [0.1, 0.15) is 0 Å². The second-order valence-corrected chi connectivity index (χ2v) is 7.96. The Morgan fingerprint density at radius 2 is 1.92 bits per heavy atom. The van der Waals surface area contributed by atoms with Crippen LogP contribution < -0.4 is 10.6 Å². The summed E-state index contributed by atoms with van der Waals surface area (Å²) in [6, 6.07) is 0.486. The minimum Gasteiger partial charge on any atom is -0.379 e. The van der Waals surface area contributed by atoms with Crippen LogP contribution in [0.4, 0.5) is 0 Å². The van der Waals surface area contributed by atoms with Gasteiger partial charge in [0.25, 0.3) is 0 Å². The molecule has 152 valence electrons. The van der Waals surface area contributed by atoms with E-state index in [0.717, 1.165) is 57.8 Å². The van der Waals surface area contributed by atoms with Gasteiger partial charge in [-0.15, -0.1) is 0 Å². The second-order valence-electron chi connectivity index (χ2n) is 7.96. The van der Waals surface area contributed by atoms with Crippen LogP contribution in [0.2, 0.25) is 0 Å². The molecule has 2 rings (SSSR count). The Bertz CT molecular complexity index is 409. The van der Waals surface area contributed by atoms with E-state index in [1.54, 1.807) is 0 Å². The number of nitrogens with zero attached hydrogens (tertiary/aromatic N) is 3. The molecular weight excluding hydrogens is 326 g/mol. The first-order valence-electron chi connectivity index (χ1n) is 10.7. The number of nitrogens with one attached hydrogen (secondary N) is 2. The maximum absolute atomic E-state index is 5.51. The molecule has 0 aromatic carbocycles. The molecule has 2 saturated heterocycles. The number of morpholine rings is 1. The van der Waals surface area contributed by atoms with Gasteiger partial charge in [-0.1, -0.05) is 20.8 Å². The molecule has 2 unspecified atom stereocenters. The molecule has 2 N–H and O–H groups in total. The van der Waals surface area contributed by atoms with Crippen molar-refractivity contribution in [3.05, 3.63) is 0 Å². The number of likely N-dealkylation sites (tertiary alicyclic amines) is 1.